The van der Waals surface area contributed by atoms with Crippen molar-refractivity contribution in [3.63, 3.8) is 0 Å². The Bertz CT molecular complexity index is 609. The van der Waals surface area contributed by atoms with Crippen LogP contribution in [0.2, 0.25) is 0 Å². The quantitative estimate of drug-likeness (QED) is 0.705. The molecule has 0 aliphatic heterocycles. The van der Waals surface area contributed by atoms with E-state index in [1.54, 1.807) is 6.92 Å². The second-order valence-corrected chi connectivity index (χ2v) is 4.83. The second kappa shape index (κ2) is 4.77. The van der Waals surface area contributed by atoms with Crippen molar-refractivity contribution in [1.82, 2.24) is 0 Å². The minimum Gasteiger partial charge on any atom is -0.295 e. The first-order chi connectivity index (χ1) is 8.50. The molecule has 1 heteroatoms. The molecule has 0 aliphatic carbocycles. The molecule has 92 valence electrons. The van der Waals surface area contributed by atoms with Crippen molar-refractivity contribution in [3.8, 4) is 11.1 Å². The lowest BCUT2D eigenvalue weighted by molar-refractivity contribution is 0.101. The number of Topliss-reactive ketones (excluding diaryl/α,β-unsaturated/α-hetero) is 1. The van der Waals surface area contributed by atoms with Crippen molar-refractivity contribution in [2.24, 2.45) is 0 Å². The molecule has 0 unspecified atom stereocenters. The molecule has 0 spiro atoms. The molecule has 0 radical (unpaired) electrons. The van der Waals surface area contributed by atoms with Crippen LogP contribution in [0.15, 0.2) is 36.4 Å². The molecule has 0 aromatic heterocycles. The largest absolute Gasteiger partial charge is 0.295 e. The van der Waals surface area contributed by atoms with Crippen LogP contribution in [0.4, 0.5) is 0 Å². The van der Waals surface area contributed by atoms with Crippen LogP contribution in [-0.2, 0) is 0 Å². The highest BCUT2D eigenvalue weighted by molar-refractivity contribution is 5.96. The van der Waals surface area contributed by atoms with Gasteiger partial charge in [-0.15, -0.1) is 0 Å². The average molecular weight is 238 g/mol. The van der Waals surface area contributed by atoms with Crippen molar-refractivity contribution in [2.45, 2.75) is 27.7 Å². The van der Waals surface area contributed by atoms with E-state index in [2.05, 4.69) is 38.1 Å². The molecule has 0 atom stereocenters. The predicted molar refractivity (Wildman–Crippen MR) is 76.1 cm³/mol. The van der Waals surface area contributed by atoms with Crippen LogP contribution >= 0.6 is 0 Å². The van der Waals surface area contributed by atoms with Gasteiger partial charge in [-0.05, 0) is 61.6 Å². The zero-order valence-electron chi connectivity index (χ0n) is 11.4. The smallest absolute Gasteiger partial charge is 0.160 e. The van der Waals surface area contributed by atoms with Crippen LogP contribution in [0.1, 0.15) is 34.0 Å². The number of carbonyl (C=O) groups is 1. The maximum Gasteiger partial charge on any atom is 0.160 e. The molecular weight excluding hydrogens is 220 g/mol. The van der Waals surface area contributed by atoms with Crippen molar-refractivity contribution in [1.29, 1.82) is 0 Å². The molecule has 0 aliphatic rings. The highest BCUT2D eigenvalue weighted by Crippen LogP contribution is 2.27. The summed E-state index contributed by atoms with van der Waals surface area (Å²) in [6.07, 6.45) is 0. The molecule has 2 aromatic rings. The second-order valence-electron chi connectivity index (χ2n) is 4.83. The van der Waals surface area contributed by atoms with Gasteiger partial charge in [-0.2, -0.15) is 0 Å². The zero-order chi connectivity index (χ0) is 13.3. The molecule has 0 saturated heterocycles. The molecule has 0 N–H and O–H groups in total. The first kappa shape index (κ1) is 12.6. The fourth-order valence-electron chi connectivity index (χ4n) is 2.23. The first-order valence-electron chi connectivity index (χ1n) is 6.19. The molecule has 1 nitrogen and oxygen atoms in total. The van der Waals surface area contributed by atoms with Gasteiger partial charge in [0, 0.05) is 5.56 Å². The summed E-state index contributed by atoms with van der Waals surface area (Å²) in [5, 5.41) is 0. The molecule has 2 rings (SSSR count). The molecule has 2 aromatic carbocycles. The van der Waals surface area contributed by atoms with Crippen molar-refractivity contribution < 1.29 is 4.79 Å². The fourth-order valence-corrected chi connectivity index (χ4v) is 2.23. The van der Waals surface area contributed by atoms with Gasteiger partial charge >= 0.3 is 0 Å². The van der Waals surface area contributed by atoms with Gasteiger partial charge in [0.05, 0.1) is 0 Å². The van der Waals surface area contributed by atoms with E-state index in [1.165, 1.54) is 16.7 Å². The maximum absolute atomic E-state index is 11.6. The number of hydrogen-bond acceptors (Lipinski definition) is 1. The molecule has 0 bridgehead atoms. The Morgan fingerprint density at radius 2 is 1.67 bits per heavy atom. The van der Waals surface area contributed by atoms with Gasteiger partial charge < -0.3 is 0 Å². The normalized spacial score (nSPS) is 10.4. The van der Waals surface area contributed by atoms with E-state index in [1.807, 2.05) is 19.1 Å². The minimum absolute atomic E-state index is 0.125. The van der Waals surface area contributed by atoms with E-state index in [0.717, 1.165) is 16.7 Å². The Labute approximate surface area is 108 Å². The van der Waals surface area contributed by atoms with E-state index in [-0.39, 0.29) is 5.78 Å². The molecule has 0 amide bonds. The number of carbonyl (C=O) groups excluding carboxylic acids is 1. The molecule has 18 heavy (non-hydrogen) atoms. The van der Waals surface area contributed by atoms with Gasteiger partial charge in [-0.3, -0.25) is 4.79 Å². The lowest BCUT2D eigenvalue weighted by Gasteiger charge is -2.11. The summed E-state index contributed by atoms with van der Waals surface area (Å²) in [5.74, 6) is 0.125. The lowest BCUT2D eigenvalue weighted by atomic mass is 9.93. The van der Waals surface area contributed by atoms with Crippen LogP contribution in [0.5, 0.6) is 0 Å². The topological polar surface area (TPSA) is 17.1 Å². The molecule has 0 fully saturated rings. The van der Waals surface area contributed by atoms with Gasteiger partial charge in [-0.25, -0.2) is 0 Å². The van der Waals surface area contributed by atoms with Gasteiger partial charge in [0.2, 0.25) is 0 Å². The Morgan fingerprint density at radius 3 is 2.33 bits per heavy atom. The Morgan fingerprint density at radius 1 is 0.944 bits per heavy atom. The standard InChI is InChI=1S/C17H18O/c1-11-6-5-7-16(13(11)3)15-9-8-12(2)17(10-15)14(4)18/h5-10H,1-4H3. The number of ketones is 1. The van der Waals surface area contributed by atoms with Crippen LogP contribution in [0.3, 0.4) is 0 Å². The summed E-state index contributed by atoms with van der Waals surface area (Å²) >= 11 is 0. The van der Waals surface area contributed by atoms with E-state index < -0.39 is 0 Å². The summed E-state index contributed by atoms with van der Waals surface area (Å²) in [5.41, 5.74) is 6.72. The van der Waals surface area contributed by atoms with Crippen LogP contribution in [0, 0.1) is 20.8 Å². The van der Waals surface area contributed by atoms with Crippen molar-refractivity contribution >= 4 is 5.78 Å². The summed E-state index contributed by atoms with van der Waals surface area (Å²) in [7, 11) is 0. The maximum atomic E-state index is 11.6. The van der Waals surface area contributed by atoms with Crippen LogP contribution in [0.25, 0.3) is 11.1 Å². The number of hydrogen-bond donors (Lipinski definition) is 0. The molecule has 0 heterocycles. The highest BCUT2D eigenvalue weighted by atomic mass is 16.1. The number of aryl methyl sites for hydroxylation is 2. The third kappa shape index (κ3) is 2.21. The van der Waals surface area contributed by atoms with Gasteiger partial charge in [0.15, 0.2) is 5.78 Å². The molecular formula is C17H18O. The summed E-state index contributed by atoms with van der Waals surface area (Å²) < 4.78 is 0. The summed E-state index contributed by atoms with van der Waals surface area (Å²) in [4.78, 5) is 11.6. The lowest BCUT2D eigenvalue weighted by Crippen LogP contribution is -1.97. The van der Waals surface area contributed by atoms with E-state index in [0.29, 0.717) is 0 Å². The third-order valence-electron chi connectivity index (χ3n) is 3.53. The third-order valence-corrected chi connectivity index (χ3v) is 3.53. The van der Waals surface area contributed by atoms with Gasteiger partial charge in [0.25, 0.3) is 0 Å². The van der Waals surface area contributed by atoms with E-state index >= 15 is 0 Å². The average Bonchev–Trinajstić information content (AvgIpc) is 2.33. The Balaban J connectivity index is 2.62. The minimum atomic E-state index is 0.125. The number of rotatable bonds is 2. The fraction of sp³-hybridized carbons (Fsp3) is 0.235. The van der Waals surface area contributed by atoms with Crippen LogP contribution in [-0.4, -0.2) is 5.78 Å². The van der Waals surface area contributed by atoms with Crippen molar-refractivity contribution in [3.05, 3.63) is 58.7 Å². The predicted octanol–water partition coefficient (Wildman–Crippen LogP) is 4.48. The SMILES string of the molecule is CC(=O)c1cc(-c2cccc(C)c2C)ccc1C. The zero-order valence-corrected chi connectivity index (χ0v) is 11.4. The van der Waals surface area contributed by atoms with Crippen molar-refractivity contribution in [2.75, 3.05) is 0 Å². The monoisotopic (exact) mass is 238 g/mol. The molecule has 0 saturated carbocycles. The van der Waals surface area contributed by atoms with Gasteiger partial charge in [0.1, 0.15) is 0 Å². The summed E-state index contributed by atoms with van der Waals surface area (Å²) in [6, 6.07) is 12.4. The Hall–Kier alpha value is -1.89. The highest BCUT2D eigenvalue weighted by Gasteiger charge is 2.08. The summed E-state index contributed by atoms with van der Waals surface area (Å²) in [6.45, 7) is 7.83. The first-order valence-corrected chi connectivity index (χ1v) is 6.19. The van der Waals surface area contributed by atoms with E-state index in [4.69, 9.17) is 0 Å². The van der Waals surface area contributed by atoms with Crippen LogP contribution < -0.4 is 0 Å². The van der Waals surface area contributed by atoms with Gasteiger partial charge in [-0.1, -0.05) is 30.3 Å². The number of benzene rings is 2. The Kier molecular flexibility index (Phi) is 3.33. The van der Waals surface area contributed by atoms with E-state index in [9.17, 15) is 4.79 Å².